The first-order chi connectivity index (χ1) is 12.8. The Bertz CT molecular complexity index is 1080. The molecule has 0 spiro atoms. The van der Waals surface area contributed by atoms with Gasteiger partial charge in [-0.1, -0.05) is 6.08 Å². The number of imidazole rings is 1. The zero-order valence-electron chi connectivity index (χ0n) is 14.8. The van der Waals surface area contributed by atoms with Gasteiger partial charge in [0.05, 0.1) is 12.2 Å². The minimum absolute atomic E-state index is 0.0145. The van der Waals surface area contributed by atoms with Gasteiger partial charge in [-0.15, -0.1) is 6.58 Å². The van der Waals surface area contributed by atoms with Gasteiger partial charge in [0.1, 0.15) is 17.2 Å². The zero-order chi connectivity index (χ0) is 19.7. The number of carbonyl (C=O) groups is 1. The van der Waals surface area contributed by atoms with Crippen LogP contribution in [0.15, 0.2) is 40.3 Å². The molecule has 7 nitrogen and oxygen atoms in total. The molecule has 1 amide bonds. The van der Waals surface area contributed by atoms with E-state index in [1.807, 2.05) is 6.07 Å². The maximum absolute atomic E-state index is 12.9. The summed E-state index contributed by atoms with van der Waals surface area (Å²) >= 11 is 0. The lowest BCUT2D eigenvalue weighted by molar-refractivity contribution is 0.0887. The van der Waals surface area contributed by atoms with Crippen LogP contribution in [-0.2, 0) is 6.54 Å². The van der Waals surface area contributed by atoms with E-state index in [1.165, 1.54) is 15.2 Å². The summed E-state index contributed by atoms with van der Waals surface area (Å²) in [4.78, 5) is 28.9. The van der Waals surface area contributed by atoms with Crippen molar-refractivity contribution in [2.45, 2.75) is 26.8 Å². The molecule has 0 atom stereocenters. The third-order valence-corrected chi connectivity index (χ3v) is 4.00. The van der Waals surface area contributed by atoms with Crippen molar-refractivity contribution in [3.05, 3.63) is 58.7 Å². The molecule has 0 aromatic carbocycles. The lowest BCUT2D eigenvalue weighted by Crippen LogP contribution is -2.28. The number of allylic oxidation sites excluding steroid dienone is 1. The molecule has 27 heavy (non-hydrogen) atoms. The number of aryl methyl sites for hydroxylation is 2. The third-order valence-electron chi connectivity index (χ3n) is 4.00. The van der Waals surface area contributed by atoms with Gasteiger partial charge >= 0.3 is 0 Å². The molecular formula is C18H18F2N4O3. The molecule has 1 N–H and O–H groups in total. The molecule has 0 unspecified atom stereocenters. The van der Waals surface area contributed by atoms with Gasteiger partial charge in [0, 0.05) is 24.5 Å². The van der Waals surface area contributed by atoms with Crippen molar-refractivity contribution in [2.24, 2.45) is 0 Å². The van der Waals surface area contributed by atoms with Gasteiger partial charge < -0.3 is 9.73 Å². The van der Waals surface area contributed by atoms with Crippen LogP contribution >= 0.6 is 0 Å². The Morgan fingerprint density at radius 2 is 2.15 bits per heavy atom. The van der Waals surface area contributed by atoms with E-state index in [0.29, 0.717) is 17.2 Å². The highest BCUT2D eigenvalue weighted by atomic mass is 19.3. The molecule has 0 aliphatic carbocycles. The molecule has 0 saturated heterocycles. The smallest absolute Gasteiger partial charge is 0.295 e. The van der Waals surface area contributed by atoms with Crippen LogP contribution in [-0.4, -0.2) is 32.8 Å². The monoisotopic (exact) mass is 376 g/mol. The maximum Gasteiger partial charge on any atom is 0.295 e. The molecule has 0 bridgehead atoms. The molecular weight excluding hydrogens is 358 g/mol. The zero-order valence-corrected chi connectivity index (χ0v) is 14.8. The summed E-state index contributed by atoms with van der Waals surface area (Å²) in [7, 11) is 0. The second-order valence-corrected chi connectivity index (χ2v) is 6.00. The molecule has 3 aromatic heterocycles. The van der Waals surface area contributed by atoms with Gasteiger partial charge in [0.25, 0.3) is 17.9 Å². The molecule has 3 aromatic rings. The first kappa shape index (κ1) is 18.6. The number of fused-ring (bicyclic) bond motifs is 1. The van der Waals surface area contributed by atoms with Gasteiger partial charge in [-0.3, -0.25) is 18.6 Å². The van der Waals surface area contributed by atoms with Crippen molar-refractivity contribution >= 4 is 11.6 Å². The maximum atomic E-state index is 12.9. The largest absolute Gasteiger partial charge is 0.466 e. The number of carbonyl (C=O) groups excluding carboxylic acids is 1. The number of hydrogen-bond acceptors (Lipinski definition) is 4. The Balaban J connectivity index is 2.15. The van der Waals surface area contributed by atoms with E-state index in [1.54, 1.807) is 26.1 Å². The molecule has 9 heteroatoms. The number of furan rings is 1. The molecule has 142 valence electrons. The minimum atomic E-state index is -2.67. The van der Waals surface area contributed by atoms with E-state index in [-0.39, 0.29) is 17.9 Å². The van der Waals surface area contributed by atoms with Gasteiger partial charge in [-0.25, -0.2) is 13.8 Å². The van der Waals surface area contributed by atoms with Crippen molar-refractivity contribution < 1.29 is 18.0 Å². The molecule has 3 rings (SSSR count). The van der Waals surface area contributed by atoms with Gasteiger partial charge in [-0.2, -0.15) is 0 Å². The van der Waals surface area contributed by atoms with Crippen molar-refractivity contribution in [2.75, 3.05) is 6.54 Å². The molecule has 0 fully saturated rings. The second-order valence-electron chi connectivity index (χ2n) is 6.00. The Morgan fingerprint density at radius 3 is 2.74 bits per heavy atom. The van der Waals surface area contributed by atoms with Crippen LogP contribution in [0.4, 0.5) is 8.78 Å². The van der Waals surface area contributed by atoms with Crippen molar-refractivity contribution in [1.82, 2.24) is 19.3 Å². The third kappa shape index (κ3) is 3.53. The molecule has 0 saturated carbocycles. The quantitative estimate of drug-likeness (QED) is 0.671. The first-order valence-corrected chi connectivity index (χ1v) is 8.19. The summed E-state index contributed by atoms with van der Waals surface area (Å²) in [5.74, 6) is 0.558. The number of alkyl halides is 2. The molecule has 0 radical (unpaired) electrons. The van der Waals surface area contributed by atoms with Gasteiger partial charge in [-0.05, 0) is 19.9 Å². The highest BCUT2D eigenvalue weighted by molar-refractivity contribution is 5.92. The standard InChI is InChI=1S/C18H18F2N4O3/c1-4-5-24-14(12-6-10(2)27-11(12)3)9-23-8-13(22-16(23)18(24)26)17(25)21-7-15(19)20/h4,6,8-9,15H,1,5,7H2,2-3H3,(H,21,25). The summed E-state index contributed by atoms with van der Waals surface area (Å²) in [6.07, 6.45) is 1.88. The number of nitrogens with one attached hydrogen (secondary N) is 1. The van der Waals surface area contributed by atoms with Crippen molar-refractivity contribution in [3.8, 4) is 11.3 Å². The number of halogens is 2. The van der Waals surface area contributed by atoms with Gasteiger partial charge in [0.2, 0.25) is 5.65 Å². The van der Waals surface area contributed by atoms with E-state index in [9.17, 15) is 18.4 Å². The van der Waals surface area contributed by atoms with E-state index >= 15 is 0 Å². The topological polar surface area (TPSA) is 81.5 Å². The van der Waals surface area contributed by atoms with E-state index in [0.717, 1.165) is 5.56 Å². The fourth-order valence-electron chi connectivity index (χ4n) is 2.86. The minimum Gasteiger partial charge on any atom is -0.466 e. The average molecular weight is 376 g/mol. The Hall–Kier alpha value is -3.23. The number of hydrogen-bond donors (Lipinski definition) is 1. The normalized spacial score (nSPS) is 11.3. The lowest BCUT2D eigenvalue weighted by Gasteiger charge is -2.11. The predicted octanol–water partition coefficient (Wildman–Crippen LogP) is 2.55. The number of nitrogens with zero attached hydrogens (tertiary/aromatic N) is 3. The van der Waals surface area contributed by atoms with Crippen LogP contribution in [0.25, 0.3) is 16.9 Å². The van der Waals surface area contributed by atoms with Crippen LogP contribution in [0, 0.1) is 13.8 Å². The number of amides is 1. The fraction of sp³-hybridized carbons (Fsp3) is 0.278. The highest BCUT2D eigenvalue weighted by Gasteiger charge is 2.19. The van der Waals surface area contributed by atoms with E-state index in [2.05, 4.69) is 16.9 Å². The second kappa shape index (κ2) is 7.18. The predicted molar refractivity (Wildman–Crippen MR) is 95.2 cm³/mol. The molecule has 3 heterocycles. The van der Waals surface area contributed by atoms with Crippen LogP contribution in [0.3, 0.4) is 0 Å². The van der Waals surface area contributed by atoms with Crippen LogP contribution in [0.2, 0.25) is 0 Å². The summed E-state index contributed by atoms with van der Waals surface area (Å²) in [6.45, 7) is 6.70. The summed E-state index contributed by atoms with van der Waals surface area (Å²) in [5.41, 5.74) is 0.763. The molecule has 0 aliphatic heterocycles. The van der Waals surface area contributed by atoms with E-state index in [4.69, 9.17) is 4.42 Å². The highest BCUT2D eigenvalue weighted by Crippen LogP contribution is 2.26. The Labute approximate surface area is 152 Å². The number of aromatic nitrogens is 3. The lowest BCUT2D eigenvalue weighted by atomic mass is 10.2. The van der Waals surface area contributed by atoms with Gasteiger partial charge in [0.15, 0.2) is 0 Å². The van der Waals surface area contributed by atoms with Crippen LogP contribution in [0.5, 0.6) is 0 Å². The van der Waals surface area contributed by atoms with Crippen molar-refractivity contribution in [1.29, 1.82) is 0 Å². The summed E-state index contributed by atoms with van der Waals surface area (Å²) in [5, 5.41) is 2.07. The Kier molecular flexibility index (Phi) is 4.93. The average Bonchev–Trinajstić information content (AvgIpc) is 3.18. The van der Waals surface area contributed by atoms with E-state index < -0.39 is 24.4 Å². The Morgan fingerprint density at radius 1 is 1.41 bits per heavy atom. The number of rotatable bonds is 6. The summed E-state index contributed by atoms with van der Waals surface area (Å²) < 4.78 is 33.0. The summed E-state index contributed by atoms with van der Waals surface area (Å²) in [6, 6.07) is 1.81. The van der Waals surface area contributed by atoms with Crippen LogP contribution in [0.1, 0.15) is 22.0 Å². The van der Waals surface area contributed by atoms with Crippen molar-refractivity contribution in [3.63, 3.8) is 0 Å². The first-order valence-electron chi connectivity index (χ1n) is 8.19. The SMILES string of the molecule is C=CCn1c(-c2cc(C)oc2C)cn2cc(C(=O)NCC(F)F)nc2c1=O. The van der Waals surface area contributed by atoms with Crippen LogP contribution < -0.4 is 10.9 Å². The fourth-order valence-corrected chi connectivity index (χ4v) is 2.86. The molecule has 0 aliphatic rings.